The first kappa shape index (κ1) is 16.3. The number of ether oxygens (including phenoxy) is 1. The van der Waals surface area contributed by atoms with Crippen LogP contribution in [0.1, 0.15) is 43.4 Å². The monoisotopic (exact) mass is 339 g/mol. The molecule has 2 atom stereocenters. The number of nitrogens with zero attached hydrogens (tertiary/aromatic N) is 3. The minimum atomic E-state index is 0.234. The van der Waals surface area contributed by atoms with E-state index >= 15 is 0 Å². The van der Waals surface area contributed by atoms with Gasteiger partial charge in [-0.25, -0.2) is 9.97 Å². The second kappa shape index (κ2) is 6.96. The van der Waals surface area contributed by atoms with Gasteiger partial charge in [0.05, 0.1) is 16.9 Å². The molecule has 2 aliphatic rings. The summed E-state index contributed by atoms with van der Waals surface area (Å²) in [6.07, 6.45) is 9.56. The zero-order chi connectivity index (χ0) is 17.2. The lowest BCUT2D eigenvalue weighted by atomic mass is 9.85. The van der Waals surface area contributed by atoms with Gasteiger partial charge >= 0.3 is 0 Å². The lowest BCUT2D eigenvalue weighted by molar-refractivity contribution is 0.0883. The summed E-state index contributed by atoms with van der Waals surface area (Å²) in [7, 11) is 0. The van der Waals surface area contributed by atoms with Gasteiger partial charge in [-0.1, -0.05) is 6.42 Å². The highest BCUT2D eigenvalue weighted by Crippen LogP contribution is 2.31. The summed E-state index contributed by atoms with van der Waals surface area (Å²) in [6, 6.07) is 5.10. The van der Waals surface area contributed by atoms with Crippen molar-refractivity contribution in [2.75, 3.05) is 5.32 Å². The number of rotatable bonds is 4. The number of fused-ring (bicyclic) bond motifs is 2. The second-order valence-electron chi connectivity index (χ2n) is 7.12. The number of aryl methyl sites for hydroxylation is 1. The van der Waals surface area contributed by atoms with Gasteiger partial charge in [0.2, 0.25) is 5.88 Å². The van der Waals surface area contributed by atoms with E-state index in [9.17, 15) is 0 Å². The average Bonchev–Trinajstić information content (AvgIpc) is 2.60. The third-order valence-corrected chi connectivity index (χ3v) is 5.25. The third-order valence-electron chi connectivity index (χ3n) is 5.25. The molecule has 0 amide bonds. The van der Waals surface area contributed by atoms with Crippen molar-refractivity contribution < 1.29 is 4.74 Å². The van der Waals surface area contributed by atoms with E-state index in [2.05, 4.69) is 25.6 Å². The van der Waals surface area contributed by atoms with Crippen LogP contribution in [0.2, 0.25) is 0 Å². The lowest BCUT2D eigenvalue weighted by Gasteiger charge is -2.40. The van der Waals surface area contributed by atoms with E-state index < -0.39 is 0 Å². The van der Waals surface area contributed by atoms with Crippen molar-refractivity contribution in [1.82, 2.24) is 20.3 Å². The van der Waals surface area contributed by atoms with Gasteiger partial charge < -0.3 is 15.4 Å². The first-order valence-electron chi connectivity index (χ1n) is 9.12. The summed E-state index contributed by atoms with van der Waals surface area (Å²) in [5.74, 6) is 1.46. The molecule has 0 saturated carbocycles. The first-order valence-corrected chi connectivity index (χ1v) is 9.12. The molecule has 0 aliphatic carbocycles. The van der Waals surface area contributed by atoms with E-state index in [0.29, 0.717) is 18.0 Å². The fourth-order valence-electron chi connectivity index (χ4n) is 3.89. The van der Waals surface area contributed by atoms with Crippen molar-refractivity contribution in [2.45, 2.75) is 64.1 Å². The topological polar surface area (TPSA) is 72.0 Å². The molecule has 2 aromatic heterocycles. The standard InChI is InChI=1S/C19H25N5O/c1-12-18(24-17-7-4-8-20-13(17)2)21-11-22-19(12)25-16-9-14-5-3-6-15(10-16)23-14/h4,7-8,11,14-16,23H,3,5-6,9-10H2,1-2H3,(H,21,22,24). The van der Waals surface area contributed by atoms with E-state index in [-0.39, 0.29) is 6.10 Å². The van der Waals surface area contributed by atoms with Crippen LogP contribution in [0, 0.1) is 13.8 Å². The Balaban J connectivity index is 1.50. The quantitative estimate of drug-likeness (QED) is 0.891. The van der Waals surface area contributed by atoms with Crippen LogP contribution >= 0.6 is 0 Å². The van der Waals surface area contributed by atoms with Crippen molar-refractivity contribution in [3.8, 4) is 5.88 Å². The molecule has 2 bridgehead atoms. The smallest absolute Gasteiger partial charge is 0.221 e. The van der Waals surface area contributed by atoms with E-state index in [0.717, 1.165) is 35.6 Å². The number of pyridine rings is 1. The Labute approximate surface area is 148 Å². The molecule has 132 valence electrons. The van der Waals surface area contributed by atoms with Gasteiger partial charge in [0, 0.05) is 18.3 Å². The van der Waals surface area contributed by atoms with Crippen LogP contribution in [0.4, 0.5) is 11.5 Å². The predicted octanol–water partition coefficient (Wildman–Crippen LogP) is 3.28. The zero-order valence-corrected chi connectivity index (χ0v) is 14.8. The van der Waals surface area contributed by atoms with Crippen molar-refractivity contribution in [1.29, 1.82) is 0 Å². The van der Waals surface area contributed by atoms with Crippen molar-refractivity contribution in [3.63, 3.8) is 0 Å². The third kappa shape index (κ3) is 3.58. The highest BCUT2D eigenvalue weighted by molar-refractivity contribution is 5.62. The summed E-state index contributed by atoms with van der Waals surface area (Å²) in [5.41, 5.74) is 2.83. The summed E-state index contributed by atoms with van der Waals surface area (Å²) in [5, 5.41) is 7.05. The molecular formula is C19H25N5O. The highest BCUT2D eigenvalue weighted by atomic mass is 16.5. The number of hydrogen-bond acceptors (Lipinski definition) is 6. The Hall–Kier alpha value is -2.21. The summed E-state index contributed by atoms with van der Waals surface area (Å²) in [6.45, 7) is 3.98. The number of anilines is 2. The molecule has 2 N–H and O–H groups in total. The second-order valence-corrected chi connectivity index (χ2v) is 7.12. The fourth-order valence-corrected chi connectivity index (χ4v) is 3.89. The van der Waals surface area contributed by atoms with Gasteiger partial charge in [0.25, 0.3) is 0 Å². The number of nitrogens with one attached hydrogen (secondary N) is 2. The molecule has 2 fully saturated rings. The molecule has 2 saturated heterocycles. The molecule has 2 unspecified atom stereocenters. The fraction of sp³-hybridized carbons (Fsp3) is 0.526. The molecule has 4 rings (SSSR count). The zero-order valence-electron chi connectivity index (χ0n) is 14.8. The van der Waals surface area contributed by atoms with Gasteiger partial charge in [-0.05, 0) is 51.7 Å². The molecule has 0 radical (unpaired) electrons. The van der Waals surface area contributed by atoms with Crippen LogP contribution in [-0.2, 0) is 0 Å². The number of piperidine rings is 2. The maximum Gasteiger partial charge on any atom is 0.221 e. The van der Waals surface area contributed by atoms with Gasteiger partial charge in [0.15, 0.2) is 0 Å². The van der Waals surface area contributed by atoms with Crippen LogP contribution in [0.3, 0.4) is 0 Å². The van der Waals surface area contributed by atoms with E-state index in [1.165, 1.54) is 19.3 Å². The lowest BCUT2D eigenvalue weighted by Crippen LogP contribution is -2.51. The van der Waals surface area contributed by atoms with Crippen molar-refractivity contribution in [2.24, 2.45) is 0 Å². The van der Waals surface area contributed by atoms with Crippen molar-refractivity contribution >= 4 is 11.5 Å². The summed E-state index contributed by atoms with van der Waals surface area (Å²) >= 11 is 0. The maximum atomic E-state index is 6.28. The minimum absolute atomic E-state index is 0.234. The first-order chi connectivity index (χ1) is 12.2. The van der Waals surface area contributed by atoms with Crippen LogP contribution < -0.4 is 15.4 Å². The van der Waals surface area contributed by atoms with E-state index in [1.807, 2.05) is 26.0 Å². The molecule has 0 aromatic carbocycles. The Morgan fingerprint density at radius 3 is 2.68 bits per heavy atom. The Kier molecular flexibility index (Phi) is 4.53. The minimum Gasteiger partial charge on any atom is -0.474 e. The number of aromatic nitrogens is 3. The molecule has 6 nitrogen and oxygen atoms in total. The van der Waals surface area contributed by atoms with E-state index in [4.69, 9.17) is 4.74 Å². The molecule has 6 heteroatoms. The predicted molar refractivity (Wildman–Crippen MR) is 97.2 cm³/mol. The molecule has 2 aromatic rings. The van der Waals surface area contributed by atoms with Gasteiger partial charge in [0.1, 0.15) is 18.2 Å². The van der Waals surface area contributed by atoms with Crippen molar-refractivity contribution in [3.05, 3.63) is 35.9 Å². The van der Waals surface area contributed by atoms with Gasteiger partial charge in [-0.2, -0.15) is 0 Å². The maximum absolute atomic E-state index is 6.28. The Morgan fingerprint density at radius 1 is 1.12 bits per heavy atom. The number of hydrogen-bond donors (Lipinski definition) is 2. The molecule has 25 heavy (non-hydrogen) atoms. The van der Waals surface area contributed by atoms with Crippen LogP contribution in [0.15, 0.2) is 24.7 Å². The van der Waals surface area contributed by atoms with Gasteiger partial charge in [-0.3, -0.25) is 4.98 Å². The Morgan fingerprint density at radius 2 is 1.92 bits per heavy atom. The van der Waals surface area contributed by atoms with Gasteiger partial charge in [-0.15, -0.1) is 0 Å². The SMILES string of the molecule is Cc1ncccc1Nc1ncnc(OC2CC3CCCC(C2)N3)c1C. The van der Waals surface area contributed by atoms with Crippen LogP contribution in [0.5, 0.6) is 5.88 Å². The molecule has 4 heterocycles. The molecule has 2 aliphatic heterocycles. The summed E-state index contributed by atoms with van der Waals surface area (Å²) in [4.78, 5) is 13.1. The Bertz CT molecular complexity index is 738. The van der Waals surface area contributed by atoms with Crippen LogP contribution in [-0.4, -0.2) is 33.1 Å². The average molecular weight is 339 g/mol. The van der Waals surface area contributed by atoms with Crippen LogP contribution in [0.25, 0.3) is 0 Å². The molecule has 0 spiro atoms. The summed E-state index contributed by atoms with van der Waals surface area (Å²) < 4.78 is 6.28. The normalized spacial score (nSPS) is 25.4. The van der Waals surface area contributed by atoms with E-state index in [1.54, 1.807) is 12.5 Å². The largest absolute Gasteiger partial charge is 0.474 e. The molecular weight excluding hydrogens is 314 g/mol. The highest BCUT2D eigenvalue weighted by Gasteiger charge is 2.32.